The molecule has 0 aromatic rings. The minimum absolute atomic E-state index is 0. The third-order valence-corrected chi connectivity index (χ3v) is 5.10. The van der Waals surface area contributed by atoms with Gasteiger partial charge in [0.2, 0.25) is 0 Å². The molecule has 4 nitrogen and oxygen atoms in total. The molecule has 0 aliphatic heterocycles. The molecule has 152 valence electrons. The SMILES string of the molecule is CCCCCCCCCCCCCCCCCCOS(=O)OCC=O.[NaH]. The van der Waals surface area contributed by atoms with Crippen molar-refractivity contribution in [3.05, 3.63) is 0 Å². The predicted molar refractivity (Wildman–Crippen MR) is 113 cm³/mol. The fourth-order valence-electron chi connectivity index (χ4n) is 2.89. The monoisotopic (exact) mass is 400 g/mol. The zero-order valence-corrected chi connectivity index (χ0v) is 17.2. The van der Waals surface area contributed by atoms with Gasteiger partial charge >= 0.3 is 40.9 Å². The summed E-state index contributed by atoms with van der Waals surface area (Å²) in [5, 5.41) is 0. The quantitative estimate of drug-likeness (QED) is 0.147. The van der Waals surface area contributed by atoms with E-state index in [0.717, 1.165) is 12.8 Å². The van der Waals surface area contributed by atoms with Crippen molar-refractivity contribution in [2.75, 3.05) is 13.2 Å². The van der Waals surface area contributed by atoms with E-state index in [0.29, 0.717) is 12.9 Å². The van der Waals surface area contributed by atoms with Crippen LogP contribution >= 0.6 is 0 Å². The molecule has 0 N–H and O–H groups in total. The first-order valence-corrected chi connectivity index (χ1v) is 11.4. The molecule has 0 heterocycles. The molecule has 0 spiro atoms. The topological polar surface area (TPSA) is 52.6 Å². The fraction of sp³-hybridized carbons (Fsp3) is 0.950. The molecule has 1 atom stereocenters. The Morgan fingerprint density at radius 2 is 1.04 bits per heavy atom. The molecule has 0 aromatic heterocycles. The molecule has 26 heavy (non-hydrogen) atoms. The van der Waals surface area contributed by atoms with Crippen LogP contribution in [0, 0.1) is 0 Å². The predicted octanol–water partition coefficient (Wildman–Crippen LogP) is 5.41. The molecule has 0 aromatic carbocycles. The van der Waals surface area contributed by atoms with Crippen LogP contribution in [0.15, 0.2) is 0 Å². The Morgan fingerprint density at radius 3 is 1.42 bits per heavy atom. The van der Waals surface area contributed by atoms with Crippen LogP contribution in [0.2, 0.25) is 0 Å². The van der Waals surface area contributed by atoms with Gasteiger partial charge in [0.1, 0.15) is 12.9 Å². The van der Waals surface area contributed by atoms with E-state index in [1.54, 1.807) is 0 Å². The normalized spacial score (nSPS) is 11.9. The van der Waals surface area contributed by atoms with Gasteiger partial charge in [-0.3, -0.25) is 8.37 Å². The number of hydrogen-bond acceptors (Lipinski definition) is 4. The molecule has 0 amide bonds. The van der Waals surface area contributed by atoms with Crippen molar-refractivity contribution >= 4 is 47.2 Å². The molecule has 0 rings (SSSR count). The van der Waals surface area contributed by atoms with Crippen LogP contribution in [-0.4, -0.2) is 53.3 Å². The maximum absolute atomic E-state index is 11.1. The van der Waals surface area contributed by atoms with Gasteiger partial charge in [0, 0.05) is 0 Å². The summed E-state index contributed by atoms with van der Waals surface area (Å²) in [6.45, 7) is 2.53. The molecular formula is C20H41NaO4S. The Kier molecular flexibility index (Phi) is 28.7. The number of aldehydes is 1. The number of carbonyl (C=O) groups excluding carboxylic acids is 1. The van der Waals surface area contributed by atoms with E-state index in [-0.39, 0.29) is 36.2 Å². The van der Waals surface area contributed by atoms with Gasteiger partial charge in [-0.2, -0.15) is 4.21 Å². The molecular weight excluding hydrogens is 359 g/mol. The van der Waals surface area contributed by atoms with Gasteiger partial charge in [-0.25, -0.2) is 0 Å². The van der Waals surface area contributed by atoms with Gasteiger partial charge in [0.15, 0.2) is 0 Å². The molecule has 0 fully saturated rings. The fourth-order valence-corrected chi connectivity index (χ4v) is 3.38. The first-order valence-electron chi connectivity index (χ1n) is 10.4. The van der Waals surface area contributed by atoms with Gasteiger partial charge in [0.25, 0.3) is 0 Å². The Hall–Kier alpha value is 0.740. The molecule has 6 heteroatoms. The average Bonchev–Trinajstić information content (AvgIpc) is 2.62. The van der Waals surface area contributed by atoms with E-state index >= 15 is 0 Å². The summed E-state index contributed by atoms with van der Waals surface area (Å²) in [5.74, 6) is 0. The van der Waals surface area contributed by atoms with Crippen LogP contribution in [0.5, 0.6) is 0 Å². The Balaban J connectivity index is 0. The molecule has 0 bridgehead atoms. The number of carbonyl (C=O) groups is 1. The molecule has 1 unspecified atom stereocenters. The third kappa shape index (κ3) is 24.7. The van der Waals surface area contributed by atoms with Gasteiger partial charge in [-0.05, 0) is 6.42 Å². The maximum atomic E-state index is 11.1. The summed E-state index contributed by atoms with van der Waals surface area (Å²) in [7, 11) is 0. The summed E-state index contributed by atoms with van der Waals surface area (Å²) in [4.78, 5) is 10.0. The van der Waals surface area contributed by atoms with Crippen molar-refractivity contribution in [3.8, 4) is 0 Å². The number of unbranched alkanes of at least 4 members (excludes halogenated alkanes) is 15. The third-order valence-electron chi connectivity index (χ3n) is 4.41. The zero-order valence-electron chi connectivity index (χ0n) is 16.3. The van der Waals surface area contributed by atoms with Crippen LogP contribution in [0.3, 0.4) is 0 Å². The zero-order chi connectivity index (χ0) is 18.4. The van der Waals surface area contributed by atoms with E-state index in [2.05, 4.69) is 11.1 Å². The second kappa shape index (κ2) is 25.7. The van der Waals surface area contributed by atoms with E-state index in [9.17, 15) is 9.00 Å². The van der Waals surface area contributed by atoms with Crippen molar-refractivity contribution in [3.63, 3.8) is 0 Å². The van der Waals surface area contributed by atoms with E-state index in [1.165, 1.54) is 89.9 Å². The van der Waals surface area contributed by atoms with Crippen molar-refractivity contribution in [1.82, 2.24) is 0 Å². The summed E-state index contributed by atoms with van der Waals surface area (Å²) < 4.78 is 20.6. The first kappa shape index (κ1) is 28.9. The van der Waals surface area contributed by atoms with Crippen molar-refractivity contribution < 1.29 is 17.4 Å². The standard InChI is InChI=1S/C20H40O4S.Na.H/c1-2-3-4-5-6-7-8-9-10-11-12-13-14-15-16-17-19-23-25(22)24-20-18-21;;/h18H,2-17,19-20H2,1H3;;. The van der Waals surface area contributed by atoms with Crippen LogP contribution in [0.1, 0.15) is 110 Å². The summed E-state index contributed by atoms with van der Waals surface area (Å²) >= 11 is -1.77. The van der Waals surface area contributed by atoms with E-state index in [1.807, 2.05) is 0 Å². The molecule has 0 aliphatic carbocycles. The van der Waals surface area contributed by atoms with Crippen LogP contribution in [0.4, 0.5) is 0 Å². The first-order chi connectivity index (χ1) is 12.3. The van der Waals surface area contributed by atoms with Gasteiger partial charge in [-0.15, -0.1) is 0 Å². The van der Waals surface area contributed by atoms with Crippen molar-refractivity contribution in [2.24, 2.45) is 0 Å². The second-order valence-corrected chi connectivity index (χ2v) is 7.66. The van der Waals surface area contributed by atoms with Crippen molar-refractivity contribution in [1.29, 1.82) is 0 Å². The number of rotatable bonds is 21. The Bertz CT molecular complexity index is 304. The van der Waals surface area contributed by atoms with Crippen LogP contribution in [-0.2, 0) is 24.5 Å². The summed E-state index contributed by atoms with van der Waals surface area (Å²) in [5.41, 5.74) is 0. The number of hydrogen-bond donors (Lipinski definition) is 0. The summed E-state index contributed by atoms with van der Waals surface area (Å²) in [6, 6.07) is 0. The molecule has 0 aliphatic rings. The van der Waals surface area contributed by atoms with Gasteiger partial charge < -0.3 is 4.79 Å². The van der Waals surface area contributed by atoms with Crippen LogP contribution < -0.4 is 0 Å². The average molecular weight is 401 g/mol. The van der Waals surface area contributed by atoms with E-state index < -0.39 is 11.4 Å². The Labute approximate surface area is 186 Å². The van der Waals surface area contributed by atoms with Crippen molar-refractivity contribution in [2.45, 2.75) is 110 Å². The van der Waals surface area contributed by atoms with Gasteiger partial charge in [-0.1, -0.05) is 103 Å². The van der Waals surface area contributed by atoms with Crippen LogP contribution in [0.25, 0.3) is 0 Å². The molecule has 0 radical (unpaired) electrons. The second-order valence-electron chi connectivity index (χ2n) is 6.78. The molecule has 0 saturated carbocycles. The minimum atomic E-state index is -1.77. The van der Waals surface area contributed by atoms with Gasteiger partial charge in [0.05, 0.1) is 6.61 Å². The molecule has 0 saturated heterocycles. The van der Waals surface area contributed by atoms with E-state index in [4.69, 9.17) is 4.18 Å². The Morgan fingerprint density at radius 1 is 0.654 bits per heavy atom. The summed E-state index contributed by atoms with van der Waals surface area (Å²) in [6.07, 6.45) is 21.8.